The summed E-state index contributed by atoms with van der Waals surface area (Å²) in [7, 11) is 0. The third kappa shape index (κ3) is 1.30. The number of alkyl halides is 3. The lowest BCUT2D eigenvalue weighted by molar-refractivity contribution is -0.182. The molecule has 2 rings (SSSR count). The van der Waals surface area contributed by atoms with Crippen LogP contribution in [-0.2, 0) is 5.54 Å². The van der Waals surface area contributed by atoms with Crippen LogP contribution in [0, 0.1) is 0 Å². The number of carbonyl (C=O) groups is 1. The van der Waals surface area contributed by atoms with Crippen molar-refractivity contribution in [1.29, 1.82) is 0 Å². The molecule has 0 aliphatic heterocycles. The maximum absolute atomic E-state index is 12.6. The second-order valence-corrected chi connectivity index (χ2v) is 3.46. The zero-order chi connectivity index (χ0) is 11.3. The van der Waals surface area contributed by atoms with Crippen LogP contribution in [0.5, 0.6) is 0 Å². The van der Waals surface area contributed by atoms with E-state index in [1.165, 1.54) is 0 Å². The van der Waals surface area contributed by atoms with Gasteiger partial charge in [0, 0.05) is 6.20 Å². The van der Waals surface area contributed by atoms with Gasteiger partial charge in [0.1, 0.15) is 5.69 Å². The number of nitrogens with zero attached hydrogens (tertiary/aromatic N) is 2. The minimum Gasteiger partial charge on any atom is -0.477 e. The lowest BCUT2D eigenvalue weighted by atomic mass is 10.2. The topological polar surface area (TPSA) is 55.1 Å². The Bertz CT molecular complexity index is 406. The second kappa shape index (κ2) is 2.74. The number of carboxylic acids is 1. The van der Waals surface area contributed by atoms with Crippen LogP contribution in [0.2, 0.25) is 0 Å². The fourth-order valence-corrected chi connectivity index (χ4v) is 1.54. The minimum atomic E-state index is -4.46. The predicted octanol–water partition coefficient (Wildman–Crippen LogP) is 1.63. The molecule has 0 radical (unpaired) electrons. The Balaban J connectivity index is 2.47. The summed E-state index contributed by atoms with van der Waals surface area (Å²) in [6, 6.07) is 1.06. The third-order valence-corrected chi connectivity index (χ3v) is 2.52. The lowest BCUT2D eigenvalue weighted by Crippen LogP contribution is -2.37. The molecule has 1 aromatic rings. The first-order valence-electron chi connectivity index (χ1n) is 4.23. The van der Waals surface area contributed by atoms with Gasteiger partial charge in [-0.1, -0.05) is 0 Å². The predicted molar refractivity (Wildman–Crippen MR) is 42.4 cm³/mol. The molecule has 1 fully saturated rings. The van der Waals surface area contributed by atoms with Crippen LogP contribution in [-0.4, -0.2) is 27.0 Å². The van der Waals surface area contributed by atoms with E-state index in [2.05, 4.69) is 5.10 Å². The van der Waals surface area contributed by atoms with Gasteiger partial charge in [0.05, 0.1) is 0 Å². The van der Waals surface area contributed by atoms with Crippen LogP contribution in [0.4, 0.5) is 13.2 Å². The maximum atomic E-state index is 12.6. The molecule has 4 nitrogen and oxygen atoms in total. The lowest BCUT2D eigenvalue weighted by Gasteiger charge is -2.20. The fraction of sp³-hybridized carbons (Fsp3) is 0.500. The molecule has 1 N–H and O–H groups in total. The molecule has 0 unspecified atom stereocenters. The molecule has 1 aliphatic carbocycles. The molecule has 0 bridgehead atoms. The highest BCUT2D eigenvalue weighted by Gasteiger charge is 2.66. The summed E-state index contributed by atoms with van der Waals surface area (Å²) in [6.45, 7) is 0. The Labute approximate surface area is 82.3 Å². The molecule has 15 heavy (non-hydrogen) atoms. The number of carboxylic acid groups (broad SMARTS) is 1. The van der Waals surface area contributed by atoms with Gasteiger partial charge in [-0.25, -0.2) is 9.48 Å². The first-order valence-corrected chi connectivity index (χ1v) is 4.23. The molecular weight excluding hydrogens is 213 g/mol. The molecule has 0 aromatic carbocycles. The third-order valence-electron chi connectivity index (χ3n) is 2.52. The van der Waals surface area contributed by atoms with E-state index in [4.69, 9.17) is 5.11 Å². The van der Waals surface area contributed by atoms with Crippen LogP contribution in [0.3, 0.4) is 0 Å². The number of halogens is 3. The van der Waals surface area contributed by atoms with E-state index in [1.807, 2.05) is 0 Å². The number of hydrogen-bond acceptors (Lipinski definition) is 2. The molecule has 7 heteroatoms. The van der Waals surface area contributed by atoms with Crippen LogP contribution < -0.4 is 0 Å². The zero-order valence-corrected chi connectivity index (χ0v) is 7.45. The molecule has 0 saturated heterocycles. The molecule has 1 aliphatic rings. The molecule has 1 heterocycles. The van der Waals surface area contributed by atoms with Gasteiger partial charge < -0.3 is 5.11 Å². The molecule has 1 saturated carbocycles. The standard InChI is InChI=1S/C8H7F3N2O2/c9-8(10,11)7(2-3-7)13-5(6(14)15)1-4-12-13/h1,4H,2-3H2,(H,14,15). The second-order valence-electron chi connectivity index (χ2n) is 3.46. The van der Waals surface area contributed by atoms with E-state index in [-0.39, 0.29) is 12.8 Å². The van der Waals surface area contributed by atoms with Crippen molar-refractivity contribution in [2.24, 2.45) is 0 Å². The monoisotopic (exact) mass is 220 g/mol. The highest BCUT2D eigenvalue weighted by atomic mass is 19.4. The van der Waals surface area contributed by atoms with Crippen LogP contribution in [0.1, 0.15) is 23.3 Å². The normalized spacial score (nSPS) is 18.9. The summed E-state index contributed by atoms with van der Waals surface area (Å²) >= 11 is 0. The van der Waals surface area contributed by atoms with E-state index < -0.39 is 23.4 Å². The molecule has 82 valence electrons. The van der Waals surface area contributed by atoms with Crippen molar-refractivity contribution in [3.8, 4) is 0 Å². The molecule has 1 aromatic heterocycles. The van der Waals surface area contributed by atoms with Crippen LogP contribution in [0.25, 0.3) is 0 Å². The van der Waals surface area contributed by atoms with Crippen LogP contribution in [0.15, 0.2) is 12.3 Å². The summed E-state index contributed by atoms with van der Waals surface area (Å²) < 4.78 is 38.5. The van der Waals surface area contributed by atoms with Gasteiger partial charge in [0.15, 0.2) is 5.54 Å². The minimum absolute atomic E-state index is 0.113. The van der Waals surface area contributed by atoms with Gasteiger partial charge in [-0.05, 0) is 18.9 Å². The van der Waals surface area contributed by atoms with Crippen molar-refractivity contribution in [3.63, 3.8) is 0 Å². The molecule has 0 amide bonds. The zero-order valence-electron chi connectivity index (χ0n) is 7.45. The van der Waals surface area contributed by atoms with Crippen molar-refractivity contribution >= 4 is 5.97 Å². The average Bonchev–Trinajstić information content (AvgIpc) is 2.76. The quantitative estimate of drug-likeness (QED) is 0.824. The SMILES string of the molecule is O=C(O)c1ccnn1C1(C(F)(F)F)CC1. The summed E-state index contributed by atoms with van der Waals surface area (Å²) in [4.78, 5) is 10.7. The Kier molecular flexibility index (Phi) is 1.83. The van der Waals surface area contributed by atoms with E-state index in [0.717, 1.165) is 12.3 Å². The smallest absolute Gasteiger partial charge is 0.413 e. The molecule has 0 atom stereocenters. The fourth-order valence-electron chi connectivity index (χ4n) is 1.54. The number of aromatic carboxylic acids is 1. The number of hydrogen-bond donors (Lipinski definition) is 1. The highest BCUT2D eigenvalue weighted by molar-refractivity contribution is 5.85. The summed E-state index contributed by atoms with van der Waals surface area (Å²) in [5, 5.41) is 12.1. The molecular formula is C8H7F3N2O2. The number of rotatable bonds is 2. The Morgan fingerprint density at radius 3 is 2.53 bits per heavy atom. The highest BCUT2D eigenvalue weighted by Crippen LogP contribution is 2.55. The van der Waals surface area contributed by atoms with Gasteiger partial charge in [0.2, 0.25) is 0 Å². The Morgan fingerprint density at radius 1 is 1.53 bits per heavy atom. The van der Waals surface area contributed by atoms with Gasteiger partial charge >= 0.3 is 12.1 Å². The van der Waals surface area contributed by atoms with E-state index in [0.29, 0.717) is 4.68 Å². The van der Waals surface area contributed by atoms with Gasteiger partial charge in [0.25, 0.3) is 0 Å². The van der Waals surface area contributed by atoms with E-state index >= 15 is 0 Å². The molecule has 0 spiro atoms. The van der Waals surface area contributed by atoms with Gasteiger partial charge in [-0.3, -0.25) is 0 Å². The van der Waals surface area contributed by atoms with Crippen molar-refractivity contribution < 1.29 is 23.1 Å². The van der Waals surface area contributed by atoms with E-state index in [1.54, 1.807) is 0 Å². The first kappa shape index (κ1) is 10.0. The van der Waals surface area contributed by atoms with E-state index in [9.17, 15) is 18.0 Å². The summed E-state index contributed by atoms with van der Waals surface area (Å²) in [5.74, 6) is -1.40. The Morgan fingerprint density at radius 2 is 2.13 bits per heavy atom. The summed E-state index contributed by atoms with van der Waals surface area (Å²) in [5.41, 5.74) is -2.52. The van der Waals surface area contributed by atoms with Crippen molar-refractivity contribution in [2.75, 3.05) is 0 Å². The first-order chi connectivity index (χ1) is 6.88. The van der Waals surface area contributed by atoms with Gasteiger partial charge in [-0.15, -0.1) is 0 Å². The van der Waals surface area contributed by atoms with Gasteiger partial charge in [-0.2, -0.15) is 18.3 Å². The van der Waals surface area contributed by atoms with Crippen molar-refractivity contribution in [3.05, 3.63) is 18.0 Å². The average molecular weight is 220 g/mol. The Hall–Kier alpha value is -1.53. The van der Waals surface area contributed by atoms with Crippen LogP contribution >= 0.6 is 0 Å². The maximum Gasteiger partial charge on any atom is 0.413 e. The largest absolute Gasteiger partial charge is 0.477 e. The van der Waals surface area contributed by atoms with Crippen molar-refractivity contribution in [1.82, 2.24) is 9.78 Å². The van der Waals surface area contributed by atoms with Crippen molar-refractivity contribution in [2.45, 2.75) is 24.6 Å². The number of aromatic nitrogens is 2. The summed E-state index contributed by atoms with van der Waals surface area (Å²) in [6.07, 6.45) is -3.62.